The van der Waals surface area contributed by atoms with Gasteiger partial charge in [0.05, 0.1) is 20.6 Å². The zero-order chi connectivity index (χ0) is 12.7. The molecule has 0 aliphatic carbocycles. The van der Waals surface area contributed by atoms with E-state index in [1.54, 1.807) is 12.1 Å². The van der Waals surface area contributed by atoms with E-state index in [1.807, 2.05) is 6.92 Å². The quantitative estimate of drug-likeness (QED) is 0.663. The van der Waals surface area contributed by atoms with E-state index in [0.717, 1.165) is 16.6 Å². The van der Waals surface area contributed by atoms with Crippen molar-refractivity contribution in [2.45, 2.75) is 26.7 Å². The van der Waals surface area contributed by atoms with Gasteiger partial charge >= 0.3 is 0 Å². The Morgan fingerprint density at radius 2 is 1.65 bits per heavy atom. The van der Waals surface area contributed by atoms with E-state index < -0.39 is 0 Å². The maximum absolute atomic E-state index is 6.44. The molecule has 1 nitrogen and oxygen atoms in total. The summed E-state index contributed by atoms with van der Waals surface area (Å²) in [5.74, 6) is 0.300. The molecule has 0 saturated carbocycles. The van der Waals surface area contributed by atoms with Crippen molar-refractivity contribution in [3.63, 3.8) is 0 Å². The fourth-order valence-electron chi connectivity index (χ4n) is 2.05. The lowest BCUT2D eigenvalue weighted by atomic mass is 9.99. The number of fused-ring (bicyclic) bond motifs is 1. The van der Waals surface area contributed by atoms with Crippen molar-refractivity contribution in [2.24, 2.45) is 0 Å². The van der Waals surface area contributed by atoms with Gasteiger partial charge in [0.15, 0.2) is 0 Å². The van der Waals surface area contributed by atoms with Crippen LogP contribution in [0, 0.1) is 6.92 Å². The molecule has 0 aliphatic heterocycles. The molecular weight excluding hydrogens is 277 g/mol. The number of aromatic nitrogens is 1. The Balaban J connectivity index is 2.97. The van der Waals surface area contributed by atoms with Gasteiger partial charge in [0.2, 0.25) is 0 Å². The third-order valence-electron chi connectivity index (χ3n) is 2.78. The average Bonchev–Trinajstić information content (AvgIpc) is 2.22. The minimum absolute atomic E-state index is 0.300. The molecule has 0 radical (unpaired) electrons. The van der Waals surface area contributed by atoms with Crippen LogP contribution in [0.25, 0.3) is 10.9 Å². The summed E-state index contributed by atoms with van der Waals surface area (Å²) in [7, 11) is 0. The van der Waals surface area contributed by atoms with Crippen molar-refractivity contribution in [1.29, 1.82) is 0 Å². The number of hydrogen-bond donors (Lipinski definition) is 0. The molecule has 4 heteroatoms. The van der Waals surface area contributed by atoms with Crippen molar-refractivity contribution < 1.29 is 0 Å². The average molecular weight is 289 g/mol. The van der Waals surface area contributed by atoms with Gasteiger partial charge < -0.3 is 0 Å². The number of pyridine rings is 1. The Bertz CT molecular complexity index is 591. The molecule has 0 unspecified atom stereocenters. The number of hydrogen-bond acceptors (Lipinski definition) is 1. The van der Waals surface area contributed by atoms with Crippen LogP contribution in [-0.4, -0.2) is 4.98 Å². The van der Waals surface area contributed by atoms with Crippen LogP contribution < -0.4 is 0 Å². The third kappa shape index (κ3) is 2.12. The highest BCUT2D eigenvalue weighted by Gasteiger charge is 2.17. The van der Waals surface area contributed by atoms with Crippen LogP contribution in [-0.2, 0) is 0 Å². The molecule has 0 atom stereocenters. The Morgan fingerprint density at radius 1 is 1.06 bits per heavy atom. The maximum atomic E-state index is 6.44. The number of aryl methyl sites for hydroxylation is 1. The number of halogens is 3. The van der Waals surface area contributed by atoms with Crippen LogP contribution in [0.3, 0.4) is 0 Å². The zero-order valence-electron chi connectivity index (χ0n) is 9.81. The maximum Gasteiger partial charge on any atom is 0.0921 e. The molecule has 0 bridgehead atoms. The second-order valence-electron chi connectivity index (χ2n) is 4.33. The van der Waals surface area contributed by atoms with E-state index >= 15 is 0 Å². The lowest BCUT2D eigenvalue weighted by molar-refractivity contribution is 0.848. The molecule has 2 rings (SSSR count). The molecule has 0 spiro atoms. The predicted molar refractivity (Wildman–Crippen MR) is 75.6 cm³/mol. The highest BCUT2D eigenvalue weighted by Crippen LogP contribution is 2.38. The second-order valence-corrected chi connectivity index (χ2v) is 5.52. The molecule has 1 aromatic heterocycles. The van der Waals surface area contributed by atoms with Gasteiger partial charge in [0, 0.05) is 11.1 Å². The summed E-state index contributed by atoms with van der Waals surface area (Å²) in [5, 5.41) is 2.57. The lowest BCUT2D eigenvalue weighted by Gasteiger charge is -2.15. The van der Waals surface area contributed by atoms with Crippen LogP contribution in [0.15, 0.2) is 12.1 Å². The van der Waals surface area contributed by atoms with Crippen LogP contribution in [0.2, 0.25) is 15.1 Å². The summed E-state index contributed by atoms with van der Waals surface area (Å²) < 4.78 is 0. The first-order chi connectivity index (χ1) is 7.93. The van der Waals surface area contributed by atoms with Gasteiger partial charge in [-0.25, -0.2) is 0 Å². The van der Waals surface area contributed by atoms with Crippen molar-refractivity contribution in [3.05, 3.63) is 38.5 Å². The largest absolute Gasteiger partial charge is 0.251 e. The minimum atomic E-state index is 0.300. The van der Waals surface area contributed by atoms with E-state index in [1.165, 1.54) is 0 Å². The molecule has 17 heavy (non-hydrogen) atoms. The summed E-state index contributed by atoms with van der Waals surface area (Å²) in [6.07, 6.45) is 0. The Hall–Kier alpha value is -0.500. The van der Waals surface area contributed by atoms with Crippen LogP contribution in [0.1, 0.15) is 31.0 Å². The summed E-state index contributed by atoms with van der Waals surface area (Å²) in [4.78, 5) is 4.52. The van der Waals surface area contributed by atoms with E-state index in [4.69, 9.17) is 34.8 Å². The molecule has 2 aromatic rings. The molecule has 0 N–H and O–H groups in total. The summed E-state index contributed by atoms with van der Waals surface area (Å²) in [6, 6.07) is 3.49. The van der Waals surface area contributed by atoms with Gasteiger partial charge in [0.1, 0.15) is 0 Å². The summed E-state index contributed by atoms with van der Waals surface area (Å²) in [5.41, 5.74) is 2.61. The minimum Gasteiger partial charge on any atom is -0.251 e. The van der Waals surface area contributed by atoms with Crippen molar-refractivity contribution >= 4 is 45.7 Å². The van der Waals surface area contributed by atoms with Gasteiger partial charge in [-0.05, 0) is 30.5 Å². The smallest absolute Gasteiger partial charge is 0.0921 e. The van der Waals surface area contributed by atoms with E-state index in [2.05, 4.69) is 18.8 Å². The molecule has 0 aliphatic rings. The topological polar surface area (TPSA) is 12.9 Å². The van der Waals surface area contributed by atoms with E-state index in [9.17, 15) is 0 Å². The Morgan fingerprint density at radius 3 is 2.24 bits per heavy atom. The molecule has 0 fully saturated rings. The van der Waals surface area contributed by atoms with Crippen LogP contribution in [0.4, 0.5) is 0 Å². The molecule has 0 amide bonds. The number of benzene rings is 1. The van der Waals surface area contributed by atoms with Gasteiger partial charge in [-0.15, -0.1) is 0 Å². The van der Waals surface area contributed by atoms with Crippen molar-refractivity contribution in [3.8, 4) is 0 Å². The SMILES string of the molecule is Cc1nc2c(Cl)ccc(Cl)c2c(Cl)c1C(C)C. The summed E-state index contributed by atoms with van der Waals surface area (Å²) in [6.45, 7) is 6.11. The van der Waals surface area contributed by atoms with Crippen LogP contribution >= 0.6 is 34.8 Å². The Kier molecular flexibility index (Phi) is 3.53. The van der Waals surface area contributed by atoms with Crippen LogP contribution in [0.5, 0.6) is 0 Å². The van der Waals surface area contributed by atoms with Crippen molar-refractivity contribution in [1.82, 2.24) is 4.98 Å². The molecule has 1 aromatic carbocycles. The first kappa shape index (κ1) is 12.9. The standard InChI is InChI=1S/C13H12Cl3N/c1-6(2)10-7(3)17-13-9(15)5-4-8(14)11(13)12(10)16/h4-6H,1-3H3. The van der Waals surface area contributed by atoms with Gasteiger partial charge in [-0.3, -0.25) is 4.98 Å². The monoisotopic (exact) mass is 287 g/mol. The zero-order valence-corrected chi connectivity index (χ0v) is 12.1. The first-order valence-electron chi connectivity index (χ1n) is 5.37. The number of nitrogens with zero attached hydrogens (tertiary/aromatic N) is 1. The number of rotatable bonds is 1. The fraction of sp³-hybridized carbons (Fsp3) is 0.308. The highest BCUT2D eigenvalue weighted by atomic mass is 35.5. The van der Waals surface area contributed by atoms with E-state index in [-0.39, 0.29) is 0 Å². The van der Waals surface area contributed by atoms with Gasteiger partial charge in [0.25, 0.3) is 0 Å². The normalized spacial score (nSPS) is 11.5. The molecule has 90 valence electrons. The third-order valence-corrected chi connectivity index (χ3v) is 3.79. The lowest BCUT2D eigenvalue weighted by Crippen LogP contribution is -1.98. The van der Waals surface area contributed by atoms with Crippen molar-refractivity contribution in [2.75, 3.05) is 0 Å². The highest BCUT2D eigenvalue weighted by molar-refractivity contribution is 6.45. The fourth-order valence-corrected chi connectivity index (χ4v) is 3.09. The molecule has 0 saturated heterocycles. The predicted octanol–water partition coefficient (Wildman–Crippen LogP) is 5.63. The summed E-state index contributed by atoms with van der Waals surface area (Å²) >= 11 is 18.7. The Labute approximate surface area is 116 Å². The second kappa shape index (κ2) is 4.64. The van der Waals surface area contributed by atoms with Gasteiger partial charge in [-0.2, -0.15) is 0 Å². The van der Waals surface area contributed by atoms with Gasteiger partial charge in [-0.1, -0.05) is 48.7 Å². The molecular formula is C13H12Cl3N. The van der Waals surface area contributed by atoms with E-state index in [0.29, 0.717) is 26.5 Å². The first-order valence-corrected chi connectivity index (χ1v) is 6.50. The molecule has 1 heterocycles.